The molecule has 3 aliphatic rings. The predicted octanol–water partition coefficient (Wildman–Crippen LogP) is 0.102. The zero-order chi connectivity index (χ0) is 16.8. The molecule has 1 aromatic rings. The highest BCUT2D eigenvalue weighted by molar-refractivity contribution is 6.06. The molecule has 0 saturated carbocycles. The Morgan fingerprint density at radius 2 is 2.04 bits per heavy atom. The highest BCUT2D eigenvalue weighted by atomic mass is 16.5. The number of benzene rings is 1. The van der Waals surface area contributed by atoms with E-state index in [4.69, 9.17) is 4.74 Å². The van der Waals surface area contributed by atoms with Crippen LogP contribution in [0.5, 0.6) is 5.75 Å². The van der Waals surface area contributed by atoms with Crippen LogP contribution in [-0.4, -0.2) is 42.3 Å². The van der Waals surface area contributed by atoms with Gasteiger partial charge in [0.15, 0.2) is 0 Å². The fourth-order valence-corrected chi connectivity index (χ4v) is 3.89. The molecule has 0 aromatic heterocycles. The Balaban J connectivity index is 1.72. The lowest BCUT2D eigenvalue weighted by Crippen LogP contribution is -2.52. The summed E-state index contributed by atoms with van der Waals surface area (Å²) in [6, 6.07) is 1.45. The van der Waals surface area contributed by atoms with E-state index in [1.165, 1.54) is 0 Å². The normalized spacial score (nSPS) is 23.0. The van der Waals surface area contributed by atoms with Gasteiger partial charge in [-0.25, -0.2) is 0 Å². The summed E-state index contributed by atoms with van der Waals surface area (Å²) < 4.78 is 5.58. The van der Waals surface area contributed by atoms with Crippen molar-refractivity contribution in [3.8, 4) is 5.75 Å². The van der Waals surface area contributed by atoms with Gasteiger partial charge in [0.1, 0.15) is 11.8 Å². The van der Waals surface area contributed by atoms with Crippen LogP contribution in [0.1, 0.15) is 39.9 Å². The Morgan fingerprint density at radius 1 is 1.21 bits per heavy atom. The number of hydrogen-bond donors (Lipinski definition) is 2. The van der Waals surface area contributed by atoms with Gasteiger partial charge in [-0.1, -0.05) is 6.07 Å². The number of carbonyl (C=O) groups excluding carboxylic acids is 3. The van der Waals surface area contributed by atoms with Gasteiger partial charge in [-0.2, -0.15) is 0 Å². The van der Waals surface area contributed by atoms with Gasteiger partial charge in [-0.15, -0.1) is 0 Å². The van der Waals surface area contributed by atoms with Crippen molar-refractivity contribution >= 4 is 17.7 Å². The number of carbonyl (C=O) groups is 3. The van der Waals surface area contributed by atoms with Crippen LogP contribution in [0.4, 0.5) is 0 Å². The van der Waals surface area contributed by atoms with Crippen LogP contribution in [0.3, 0.4) is 0 Å². The molecule has 2 N–H and O–H groups in total. The van der Waals surface area contributed by atoms with E-state index in [9.17, 15) is 14.4 Å². The van der Waals surface area contributed by atoms with Crippen molar-refractivity contribution in [1.29, 1.82) is 0 Å². The van der Waals surface area contributed by atoms with E-state index in [1.807, 2.05) is 6.07 Å². The summed E-state index contributed by atoms with van der Waals surface area (Å²) in [5.74, 6) is -0.209. The number of amides is 3. The zero-order valence-corrected chi connectivity index (χ0v) is 13.5. The summed E-state index contributed by atoms with van der Waals surface area (Å²) in [7, 11) is 1.58. The number of fused-ring (bicyclic) bond motifs is 2. The van der Waals surface area contributed by atoms with E-state index in [0.717, 1.165) is 36.2 Å². The average Bonchev–Trinajstić information content (AvgIpc) is 2.89. The van der Waals surface area contributed by atoms with Crippen LogP contribution in [0.2, 0.25) is 0 Å². The summed E-state index contributed by atoms with van der Waals surface area (Å²) in [5, 5.41) is 5.65. The lowest BCUT2D eigenvalue weighted by molar-refractivity contribution is -0.136. The molecular weight excluding hydrogens is 310 g/mol. The first-order valence-electron chi connectivity index (χ1n) is 8.17. The number of imide groups is 1. The monoisotopic (exact) mass is 329 g/mol. The Kier molecular flexibility index (Phi) is 3.53. The molecule has 1 saturated heterocycles. The topological polar surface area (TPSA) is 87.7 Å². The molecule has 1 atom stereocenters. The first-order valence-corrected chi connectivity index (χ1v) is 8.17. The van der Waals surface area contributed by atoms with Crippen LogP contribution >= 0.6 is 0 Å². The van der Waals surface area contributed by atoms with Crippen molar-refractivity contribution in [1.82, 2.24) is 15.5 Å². The summed E-state index contributed by atoms with van der Waals surface area (Å²) in [5.41, 5.74) is 3.69. The van der Waals surface area contributed by atoms with E-state index >= 15 is 0 Å². The Labute approximate surface area is 139 Å². The number of piperidine rings is 1. The molecule has 1 fully saturated rings. The fraction of sp³-hybridized carbons (Fsp3) is 0.471. The van der Waals surface area contributed by atoms with Crippen molar-refractivity contribution in [2.24, 2.45) is 0 Å². The molecule has 0 spiro atoms. The maximum Gasteiger partial charge on any atom is 0.258 e. The minimum Gasteiger partial charge on any atom is -0.496 e. The summed E-state index contributed by atoms with van der Waals surface area (Å²) >= 11 is 0. The van der Waals surface area contributed by atoms with Gasteiger partial charge in [0.2, 0.25) is 11.8 Å². The summed E-state index contributed by atoms with van der Waals surface area (Å²) in [6.07, 6.45) is 1.44. The van der Waals surface area contributed by atoms with E-state index in [1.54, 1.807) is 12.0 Å². The number of nitrogens with one attached hydrogen (secondary N) is 2. The van der Waals surface area contributed by atoms with Crippen molar-refractivity contribution in [3.05, 3.63) is 28.3 Å². The quantitative estimate of drug-likeness (QED) is 0.752. The molecule has 24 heavy (non-hydrogen) atoms. The van der Waals surface area contributed by atoms with E-state index in [0.29, 0.717) is 24.3 Å². The van der Waals surface area contributed by atoms with Crippen molar-refractivity contribution in [2.45, 2.75) is 38.4 Å². The van der Waals surface area contributed by atoms with Crippen LogP contribution in [-0.2, 0) is 29.1 Å². The zero-order valence-electron chi connectivity index (χ0n) is 13.5. The Hall–Kier alpha value is -2.41. The minimum atomic E-state index is -0.595. The van der Waals surface area contributed by atoms with Crippen molar-refractivity contribution in [3.63, 3.8) is 0 Å². The first-order chi connectivity index (χ1) is 11.6. The number of methoxy groups -OCH3 is 1. The van der Waals surface area contributed by atoms with Crippen LogP contribution < -0.4 is 15.4 Å². The molecule has 0 bridgehead atoms. The maximum atomic E-state index is 13.0. The average molecular weight is 329 g/mol. The van der Waals surface area contributed by atoms with Gasteiger partial charge in [0, 0.05) is 25.1 Å². The summed E-state index contributed by atoms with van der Waals surface area (Å²) in [6.45, 7) is 1.99. The Morgan fingerprint density at radius 3 is 2.79 bits per heavy atom. The number of nitrogens with zero attached hydrogens (tertiary/aromatic N) is 1. The lowest BCUT2D eigenvalue weighted by atomic mass is 9.94. The maximum absolute atomic E-state index is 13.0. The molecule has 1 aromatic carbocycles. The van der Waals surface area contributed by atoms with Gasteiger partial charge >= 0.3 is 0 Å². The van der Waals surface area contributed by atoms with Crippen molar-refractivity contribution < 1.29 is 19.1 Å². The second-order valence-corrected chi connectivity index (χ2v) is 6.41. The van der Waals surface area contributed by atoms with Gasteiger partial charge in [-0.05, 0) is 30.5 Å². The highest BCUT2D eigenvalue weighted by Gasteiger charge is 2.41. The molecule has 1 unspecified atom stereocenters. The molecular formula is C17H19N3O4. The van der Waals surface area contributed by atoms with Crippen LogP contribution in [0, 0.1) is 0 Å². The molecule has 0 radical (unpaired) electrons. The number of ether oxygens (including phenoxy) is 1. The predicted molar refractivity (Wildman–Crippen MR) is 84.4 cm³/mol. The third-order valence-electron chi connectivity index (χ3n) is 5.03. The second-order valence-electron chi connectivity index (χ2n) is 6.41. The van der Waals surface area contributed by atoms with E-state index in [2.05, 4.69) is 10.6 Å². The molecule has 3 amide bonds. The standard InChI is InChI=1S/C17H19N3O4/c1-24-15-11-4-5-18-7-9(11)6-10-8-20(17(23)14(10)15)12-2-3-13(21)19-16(12)22/h6,12,18H,2-5,7-8H2,1H3,(H,19,21,22). The Bertz CT molecular complexity index is 759. The largest absolute Gasteiger partial charge is 0.496 e. The molecule has 126 valence electrons. The lowest BCUT2D eigenvalue weighted by Gasteiger charge is -2.29. The van der Waals surface area contributed by atoms with Gasteiger partial charge in [0.05, 0.1) is 12.7 Å². The van der Waals surface area contributed by atoms with Gasteiger partial charge in [-0.3, -0.25) is 19.7 Å². The molecule has 7 heteroatoms. The SMILES string of the molecule is COc1c2c(cc3c1C(=O)N(C1CCC(=O)NC1=O)C3)CNCC2. The number of hydrogen-bond acceptors (Lipinski definition) is 5. The van der Waals surface area contributed by atoms with E-state index in [-0.39, 0.29) is 18.2 Å². The molecule has 3 heterocycles. The van der Waals surface area contributed by atoms with E-state index < -0.39 is 11.9 Å². The fourth-order valence-electron chi connectivity index (χ4n) is 3.89. The minimum absolute atomic E-state index is 0.183. The molecule has 4 rings (SSSR count). The second kappa shape index (κ2) is 5.59. The molecule has 3 aliphatic heterocycles. The smallest absolute Gasteiger partial charge is 0.258 e. The third kappa shape index (κ3) is 2.19. The van der Waals surface area contributed by atoms with Crippen molar-refractivity contribution in [2.75, 3.05) is 13.7 Å². The summed E-state index contributed by atoms with van der Waals surface area (Å²) in [4.78, 5) is 38.0. The molecule has 7 nitrogen and oxygen atoms in total. The van der Waals surface area contributed by atoms with Crippen LogP contribution in [0.25, 0.3) is 0 Å². The molecule has 0 aliphatic carbocycles. The van der Waals surface area contributed by atoms with Gasteiger partial charge in [0.25, 0.3) is 5.91 Å². The third-order valence-corrected chi connectivity index (χ3v) is 5.03. The van der Waals surface area contributed by atoms with Gasteiger partial charge < -0.3 is 15.0 Å². The van der Waals surface area contributed by atoms with Crippen LogP contribution in [0.15, 0.2) is 6.07 Å². The highest BCUT2D eigenvalue weighted by Crippen LogP contribution is 2.38. The first kappa shape index (κ1) is 15.1. The number of rotatable bonds is 2.